The van der Waals surface area contributed by atoms with Crippen LogP contribution in [0.5, 0.6) is 0 Å². The van der Waals surface area contributed by atoms with Crippen molar-refractivity contribution >= 4 is 0 Å². The Morgan fingerprint density at radius 1 is 0.917 bits per heavy atom. The molecule has 2 aliphatic carbocycles. The second-order valence-corrected chi connectivity index (χ2v) is 7.79. The van der Waals surface area contributed by atoms with Crippen molar-refractivity contribution in [3.63, 3.8) is 0 Å². The molecule has 4 atom stereocenters. The summed E-state index contributed by atoms with van der Waals surface area (Å²) in [7, 11) is 0. The molecule has 0 spiro atoms. The van der Waals surface area contributed by atoms with Crippen LogP contribution in [0.15, 0.2) is 42.5 Å². The highest BCUT2D eigenvalue weighted by Gasteiger charge is 2.41. The van der Waals surface area contributed by atoms with Gasteiger partial charge in [0.2, 0.25) is 0 Å². The van der Waals surface area contributed by atoms with E-state index in [1.54, 1.807) is 16.7 Å². The molecule has 0 radical (unpaired) electrons. The largest absolute Gasteiger partial charge is 0.0808 e. The zero-order valence-electron chi connectivity index (χ0n) is 15.8. The van der Waals surface area contributed by atoms with E-state index in [1.165, 1.54) is 44.9 Å². The van der Waals surface area contributed by atoms with Gasteiger partial charge in [-0.25, -0.2) is 0 Å². The first kappa shape index (κ1) is 17.5. The van der Waals surface area contributed by atoms with Crippen molar-refractivity contribution in [1.29, 1.82) is 0 Å². The average molecular weight is 323 g/mol. The van der Waals surface area contributed by atoms with E-state index in [1.807, 2.05) is 0 Å². The highest BCUT2D eigenvalue weighted by molar-refractivity contribution is 5.40. The maximum Gasteiger partial charge on any atom is -0.0119 e. The van der Waals surface area contributed by atoms with Crippen LogP contribution in [0.2, 0.25) is 0 Å². The molecule has 1 saturated carbocycles. The number of hydrogen-bond acceptors (Lipinski definition) is 0. The molecule has 4 unspecified atom stereocenters. The quantitative estimate of drug-likeness (QED) is 0.514. The van der Waals surface area contributed by atoms with Crippen molar-refractivity contribution in [3.8, 4) is 0 Å². The van der Waals surface area contributed by atoms with E-state index < -0.39 is 0 Å². The topological polar surface area (TPSA) is 0 Å². The Balaban J connectivity index is 1.98. The van der Waals surface area contributed by atoms with E-state index in [2.05, 4.69) is 63.3 Å². The van der Waals surface area contributed by atoms with E-state index >= 15 is 0 Å². The highest BCUT2D eigenvalue weighted by atomic mass is 14.5. The van der Waals surface area contributed by atoms with Gasteiger partial charge < -0.3 is 0 Å². The first-order chi connectivity index (χ1) is 11.8. The summed E-state index contributed by atoms with van der Waals surface area (Å²) in [6.45, 7) is 6.99. The van der Waals surface area contributed by atoms with Crippen LogP contribution in [-0.4, -0.2) is 0 Å². The summed E-state index contributed by atoms with van der Waals surface area (Å²) < 4.78 is 0. The van der Waals surface area contributed by atoms with E-state index in [9.17, 15) is 0 Å². The first-order valence-electron chi connectivity index (χ1n) is 10.3. The summed E-state index contributed by atoms with van der Waals surface area (Å²) in [5.74, 6) is 3.12. The van der Waals surface area contributed by atoms with E-state index in [0.717, 1.165) is 23.7 Å². The third kappa shape index (κ3) is 3.39. The minimum absolute atomic E-state index is 0.755. The third-order valence-electron chi connectivity index (χ3n) is 6.18. The summed E-state index contributed by atoms with van der Waals surface area (Å²) in [5, 5.41) is 0. The second kappa shape index (κ2) is 8.19. The molecule has 2 aliphatic rings. The zero-order chi connectivity index (χ0) is 16.9. The van der Waals surface area contributed by atoms with Crippen LogP contribution in [0.1, 0.15) is 75.5 Å². The van der Waals surface area contributed by atoms with E-state index in [0.29, 0.717) is 0 Å². The third-order valence-corrected chi connectivity index (χ3v) is 6.18. The standard InChI is InChI=1S/C24H34/c1-4-10-18-14-9-16-23(20(18)11-5-2)24-17-19-13-7-8-15-21(19)22(24)12-6-3/h7-9,13-16,19,21-22,24H,4-6,10-12,17H2,1-3H3. The molecule has 0 aliphatic heterocycles. The summed E-state index contributed by atoms with van der Waals surface area (Å²) in [6, 6.07) is 7.17. The fourth-order valence-corrected chi connectivity index (χ4v) is 5.25. The monoisotopic (exact) mass is 322 g/mol. The lowest BCUT2D eigenvalue weighted by Gasteiger charge is -2.27. The van der Waals surface area contributed by atoms with Gasteiger partial charge in [0.15, 0.2) is 0 Å². The molecule has 0 nitrogen and oxygen atoms in total. The SMILES string of the molecule is CCCc1cccc(C2CC3C=CC=CC3C2CCC)c1CCC. The molecule has 0 bridgehead atoms. The molecule has 3 rings (SSSR count). The Morgan fingerprint density at radius 2 is 1.71 bits per heavy atom. The Kier molecular flexibility index (Phi) is 5.98. The fourth-order valence-electron chi connectivity index (χ4n) is 5.25. The van der Waals surface area contributed by atoms with Gasteiger partial charge in [-0.15, -0.1) is 0 Å². The average Bonchev–Trinajstić information content (AvgIpc) is 2.96. The number of hydrogen-bond donors (Lipinski definition) is 0. The lowest BCUT2D eigenvalue weighted by molar-refractivity contribution is 0.365. The molecule has 0 heterocycles. The summed E-state index contributed by atoms with van der Waals surface area (Å²) in [6.07, 6.45) is 18.5. The molecule has 0 saturated heterocycles. The van der Waals surface area contributed by atoms with Crippen LogP contribution in [0.4, 0.5) is 0 Å². The molecule has 24 heavy (non-hydrogen) atoms. The van der Waals surface area contributed by atoms with Crippen LogP contribution in [-0.2, 0) is 12.8 Å². The predicted molar refractivity (Wildman–Crippen MR) is 105 cm³/mol. The van der Waals surface area contributed by atoms with Crippen molar-refractivity contribution in [1.82, 2.24) is 0 Å². The number of rotatable bonds is 7. The fraction of sp³-hybridized carbons (Fsp3) is 0.583. The Morgan fingerprint density at radius 3 is 2.46 bits per heavy atom. The molecule has 130 valence electrons. The molecular formula is C24H34. The summed E-state index contributed by atoms with van der Waals surface area (Å²) in [5.41, 5.74) is 5.00. The zero-order valence-corrected chi connectivity index (χ0v) is 15.8. The molecule has 0 aromatic heterocycles. The normalized spacial score (nSPS) is 28.3. The van der Waals surface area contributed by atoms with Crippen LogP contribution in [0.3, 0.4) is 0 Å². The van der Waals surface area contributed by atoms with Crippen molar-refractivity contribution in [2.24, 2.45) is 17.8 Å². The first-order valence-corrected chi connectivity index (χ1v) is 10.3. The second-order valence-electron chi connectivity index (χ2n) is 7.79. The predicted octanol–water partition coefficient (Wildman–Crippen LogP) is 6.85. The molecule has 1 aromatic carbocycles. The van der Waals surface area contributed by atoms with Gasteiger partial charge >= 0.3 is 0 Å². The molecule has 0 N–H and O–H groups in total. The van der Waals surface area contributed by atoms with Crippen LogP contribution < -0.4 is 0 Å². The van der Waals surface area contributed by atoms with Gasteiger partial charge in [0, 0.05) is 0 Å². The lowest BCUT2D eigenvalue weighted by Crippen LogP contribution is -2.16. The maximum atomic E-state index is 2.50. The van der Waals surface area contributed by atoms with Crippen LogP contribution in [0, 0.1) is 17.8 Å². The minimum atomic E-state index is 0.755. The Bertz CT molecular complexity index is 592. The number of aryl methyl sites for hydroxylation is 1. The van der Waals surface area contributed by atoms with Gasteiger partial charge in [0.1, 0.15) is 0 Å². The Hall–Kier alpha value is -1.30. The minimum Gasteiger partial charge on any atom is -0.0808 e. The molecule has 0 amide bonds. The van der Waals surface area contributed by atoms with Crippen molar-refractivity contribution in [2.45, 2.75) is 71.6 Å². The van der Waals surface area contributed by atoms with Gasteiger partial charge in [0.25, 0.3) is 0 Å². The van der Waals surface area contributed by atoms with Crippen molar-refractivity contribution in [3.05, 3.63) is 59.2 Å². The van der Waals surface area contributed by atoms with E-state index in [-0.39, 0.29) is 0 Å². The number of fused-ring (bicyclic) bond motifs is 1. The molecule has 1 aromatic rings. The van der Waals surface area contributed by atoms with Crippen molar-refractivity contribution < 1.29 is 0 Å². The molecule has 1 fully saturated rings. The number of benzene rings is 1. The Labute approximate surface area is 149 Å². The van der Waals surface area contributed by atoms with Gasteiger partial charge in [-0.3, -0.25) is 0 Å². The van der Waals surface area contributed by atoms with Crippen molar-refractivity contribution in [2.75, 3.05) is 0 Å². The molecular weight excluding hydrogens is 288 g/mol. The maximum absolute atomic E-state index is 2.50. The van der Waals surface area contributed by atoms with Gasteiger partial charge in [-0.05, 0) is 66.0 Å². The number of allylic oxidation sites excluding steroid dienone is 4. The van der Waals surface area contributed by atoms with Gasteiger partial charge in [-0.2, -0.15) is 0 Å². The highest BCUT2D eigenvalue weighted by Crippen LogP contribution is 2.52. The van der Waals surface area contributed by atoms with E-state index in [4.69, 9.17) is 0 Å². The molecule has 0 heteroatoms. The summed E-state index contributed by atoms with van der Waals surface area (Å²) in [4.78, 5) is 0. The van der Waals surface area contributed by atoms with Crippen LogP contribution >= 0.6 is 0 Å². The lowest BCUT2D eigenvalue weighted by atomic mass is 9.77. The smallest absolute Gasteiger partial charge is 0.0119 e. The van der Waals surface area contributed by atoms with Crippen LogP contribution in [0.25, 0.3) is 0 Å². The van der Waals surface area contributed by atoms with Gasteiger partial charge in [0.05, 0.1) is 0 Å². The van der Waals surface area contributed by atoms with Gasteiger partial charge in [-0.1, -0.05) is 82.5 Å². The summed E-state index contributed by atoms with van der Waals surface area (Å²) >= 11 is 0.